The van der Waals surface area contributed by atoms with Gasteiger partial charge in [0.15, 0.2) is 0 Å². The van der Waals surface area contributed by atoms with Crippen LogP contribution in [0.3, 0.4) is 0 Å². The fourth-order valence-corrected chi connectivity index (χ4v) is 2.79. The second kappa shape index (κ2) is 6.91. The quantitative estimate of drug-likeness (QED) is 0.813. The van der Waals surface area contributed by atoms with Crippen molar-refractivity contribution in [2.75, 3.05) is 33.8 Å². The molecular formula is C14H25N5O2. The summed E-state index contributed by atoms with van der Waals surface area (Å²) >= 11 is 0. The van der Waals surface area contributed by atoms with E-state index in [9.17, 15) is 9.90 Å². The molecule has 1 saturated heterocycles. The van der Waals surface area contributed by atoms with E-state index >= 15 is 0 Å². The van der Waals surface area contributed by atoms with Crippen molar-refractivity contribution in [2.45, 2.75) is 24.9 Å². The SMILES string of the molecule is CN(C)C(CNC(=O)N1CCCC1CO)c1cnn(C)c1. The summed E-state index contributed by atoms with van der Waals surface area (Å²) in [5, 5.41) is 16.4. The molecule has 1 aliphatic heterocycles. The van der Waals surface area contributed by atoms with Crippen LogP contribution >= 0.6 is 0 Å². The molecule has 1 fully saturated rings. The highest BCUT2D eigenvalue weighted by molar-refractivity contribution is 5.74. The van der Waals surface area contributed by atoms with Gasteiger partial charge in [-0.15, -0.1) is 0 Å². The standard InChI is InChI=1S/C14H25N5O2/c1-17(2)13(11-7-16-18(3)9-11)8-15-14(21)19-6-4-5-12(19)10-20/h7,9,12-13,20H,4-6,8,10H2,1-3H3,(H,15,21). The monoisotopic (exact) mass is 295 g/mol. The molecule has 0 aliphatic carbocycles. The highest BCUT2D eigenvalue weighted by atomic mass is 16.3. The number of nitrogens with zero attached hydrogens (tertiary/aromatic N) is 4. The molecule has 1 aromatic heterocycles. The minimum atomic E-state index is -0.0951. The number of aryl methyl sites for hydroxylation is 1. The summed E-state index contributed by atoms with van der Waals surface area (Å²) in [5.41, 5.74) is 1.07. The number of likely N-dealkylation sites (N-methyl/N-ethyl adjacent to an activating group) is 1. The van der Waals surface area contributed by atoms with Crippen LogP contribution in [0.4, 0.5) is 4.79 Å². The lowest BCUT2D eigenvalue weighted by Gasteiger charge is -2.27. The number of hydrogen-bond acceptors (Lipinski definition) is 4. The number of carbonyl (C=O) groups is 1. The first-order valence-electron chi connectivity index (χ1n) is 7.33. The van der Waals surface area contributed by atoms with E-state index in [-0.39, 0.29) is 24.7 Å². The molecule has 118 valence electrons. The first-order valence-corrected chi connectivity index (χ1v) is 7.33. The number of aromatic nitrogens is 2. The number of amides is 2. The Morgan fingerprint density at radius 1 is 1.62 bits per heavy atom. The molecule has 2 amide bonds. The van der Waals surface area contributed by atoms with E-state index in [2.05, 4.69) is 15.3 Å². The topological polar surface area (TPSA) is 73.6 Å². The number of carbonyl (C=O) groups excluding carboxylic acids is 1. The van der Waals surface area contributed by atoms with Crippen LogP contribution in [-0.2, 0) is 7.05 Å². The van der Waals surface area contributed by atoms with Crippen LogP contribution < -0.4 is 5.32 Å². The van der Waals surface area contributed by atoms with Crippen molar-refractivity contribution in [2.24, 2.45) is 7.05 Å². The van der Waals surface area contributed by atoms with E-state index in [1.807, 2.05) is 33.5 Å². The van der Waals surface area contributed by atoms with Crippen LogP contribution in [0.2, 0.25) is 0 Å². The van der Waals surface area contributed by atoms with E-state index in [1.54, 1.807) is 9.58 Å². The van der Waals surface area contributed by atoms with Crippen LogP contribution in [0.5, 0.6) is 0 Å². The molecule has 7 nitrogen and oxygen atoms in total. The lowest BCUT2D eigenvalue weighted by atomic mass is 10.1. The van der Waals surface area contributed by atoms with Crippen molar-refractivity contribution in [3.8, 4) is 0 Å². The van der Waals surface area contributed by atoms with Crippen LogP contribution in [0.1, 0.15) is 24.4 Å². The van der Waals surface area contributed by atoms with Crippen LogP contribution in [-0.4, -0.2) is 70.6 Å². The maximum absolute atomic E-state index is 12.2. The molecule has 7 heteroatoms. The Morgan fingerprint density at radius 3 is 2.95 bits per heavy atom. The Balaban J connectivity index is 1.94. The summed E-state index contributed by atoms with van der Waals surface area (Å²) in [6, 6.07) is -0.0543. The summed E-state index contributed by atoms with van der Waals surface area (Å²) < 4.78 is 1.76. The normalized spacial score (nSPS) is 20.0. The fourth-order valence-electron chi connectivity index (χ4n) is 2.79. The van der Waals surface area contributed by atoms with Gasteiger partial charge in [0.2, 0.25) is 0 Å². The van der Waals surface area contributed by atoms with Gasteiger partial charge < -0.3 is 20.2 Å². The third-order valence-electron chi connectivity index (χ3n) is 4.03. The Kier molecular flexibility index (Phi) is 5.19. The van der Waals surface area contributed by atoms with Crippen molar-refractivity contribution in [3.63, 3.8) is 0 Å². The summed E-state index contributed by atoms with van der Waals surface area (Å²) in [4.78, 5) is 16.0. The zero-order valence-electron chi connectivity index (χ0n) is 13.0. The predicted molar refractivity (Wildman–Crippen MR) is 79.8 cm³/mol. The molecule has 2 heterocycles. The van der Waals surface area contributed by atoms with Crippen molar-refractivity contribution >= 4 is 6.03 Å². The lowest BCUT2D eigenvalue weighted by molar-refractivity contribution is 0.154. The third kappa shape index (κ3) is 3.74. The molecule has 2 N–H and O–H groups in total. The Hall–Kier alpha value is -1.60. The van der Waals surface area contributed by atoms with E-state index in [0.29, 0.717) is 6.54 Å². The van der Waals surface area contributed by atoms with Gasteiger partial charge in [-0.3, -0.25) is 4.68 Å². The van der Waals surface area contributed by atoms with Crippen molar-refractivity contribution < 1.29 is 9.90 Å². The molecular weight excluding hydrogens is 270 g/mol. The van der Waals surface area contributed by atoms with E-state index in [0.717, 1.165) is 24.9 Å². The largest absolute Gasteiger partial charge is 0.394 e. The highest BCUT2D eigenvalue weighted by Gasteiger charge is 2.28. The third-order valence-corrected chi connectivity index (χ3v) is 4.03. The summed E-state index contributed by atoms with van der Waals surface area (Å²) in [6.45, 7) is 1.27. The van der Waals surface area contributed by atoms with Gasteiger partial charge in [-0.05, 0) is 26.9 Å². The number of likely N-dealkylation sites (tertiary alicyclic amines) is 1. The van der Waals surface area contributed by atoms with Gasteiger partial charge in [0.1, 0.15) is 0 Å². The second-order valence-corrected chi connectivity index (χ2v) is 5.78. The first-order chi connectivity index (χ1) is 10.0. The molecule has 21 heavy (non-hydrogen) atoms. The van der Waals surface area contributed by atoms with Gasteiger partial charge in [-0.25, -0.2) is 4.79 Å². The van der Waals surface area contributed by atoms with Crippen LogP contribution in [0, 0.1) is 0 Å². The van der Waals surface area contributed by atoms with Gasteiger partial charge in [0.05, 0.1) is 24.9 Å². The minimum absolute atomic E-state index is 0.0349. The molecule has 2 rings (SSSR count). The average Bonchev–Trinajstić information content (AvgIpc) is 3.07. The molecule has 1 aromatic rings. The highest BCUT2D eigenvalue weighted by Crippen LogP contribution is 2.18. The smallest absolute Gasteiger partial charge is 0.317 e. The lowest BCUT2D eigenvalue weighted by Crippen LogP contribution is -2.46. The van der Waals surface area contributed by atoms with Gasteiger partial charge >= 0.3 is 6.03 Å². The Labute approximate surface area is 125 Å². The van der Waals surface area contributed by atoms with Crippen LogP contribution in [0.15, 0.2) is 12.4 Å². The van der Waals surface area contributed by atoms with Gasteiger partial charge in [0, 0.05) is 31.9 Å². The van der Waals surface area contributed by atoms with E-state index in [1.165, 1.54) is 0 Å². The molecule has 1 aliphatic rings. The first kappa shape index (κ1) is 15.8. The zero-order valence-corrected chi connectivity index (χ0v) is 13.0. The van der Waals surface area contributed by atoms with Crippen LogP contribution in [0.25, 0.3) is 0 Å². The number of aliphatic hydroxyl groups excluding tert-OH is 1. The molecule has 2 unspecified atom stereocenters. The number of urea groups is 1. The van der Waals surface area contributed by atoms with Gasteiger partial charge in [0.25, 0.3) is 0 Å². The maximum Gasteiger partial charge on any atom is 0.317 e. The predicted octanol–water partition coefficient (Wildman–Crippen LogP) is 0.189. The van der Waals surface area contributed by atoms with Crippen molar-refractivity contribution in [1.82, 2.24) is 24.9 Å². The number of hydrogen-bond donors (Lipinski definition) is 2. The fraction of sp³-hybridized carbons (Fsp3) is 0.714. The number of nitrogens with one attached hydrogen (secondary N) is 1. The van der Waals surface area contributed by atoms with Crippen molar-refractivity contribution in [1.29, 1.82) is 0 Å². The molecule has 0 aromatic carbocycles. The Morgan fingerprint density at radius 2 is 2.38 bits per heavy atom. The van der Waals surface area contributed by atoms with E-state index < -0.39 is 0 Å². The molecule has 0 radical (unpaired) electrons. The second-order valence-electron chi connectivity index (χ2n) is 5.78. The molecule has 2 atom stereocenters. The summed E-state index contributed by atoms with van der Waals surface area (Å²) in [6.07, 6.45) is 5.62. The average molecular weight is 295 g/mol. The zero-order chi connectivity index (χ0) is 15.4. The number of rotatable bonds is 5. The Bertz CT molecular complexity index is 474. The summed E-state index contributed by atoms with van der Waals surface area (Å²) in [7, 11) is 5.84. The number of aliphatic hydroxyl groups is 1. The molecule has 0 bridgehead atoms. The van der Waals surface area contributed by atoms with E-state index in [4.69, 9.17) is 0 Å². The van der Waals surface area contributed by atoms with Crippen molar-refractivity contribution in [3.05, 3.63) is 18.0 Å². The van der Waals surface area contributed by atoms with Gasteiger partial charge in [-0.1, -0.05) is 0 Å². The molecule has 0 saturated carbocycles. The maximum atomic E-state index is 12.2. The molecule has 0 spiro atoms. The van der Waals surface area contributed by atoms with Gasteiger partial charge in [-0.2, -0.15) is 5.10 Å². The minimum Gasteiger partial charge on any atom is -0.394 e. The summed E-state index contributed by atoms with van der Waals surface area (Å²) in [5.74, 6) is 0.